The summed E-state index contributed by atoms with van der Waals surface area (Å²) in [5.41, 5.74) is 5.92. The zero-order chi connectivity index (χ0) is 21.8. The molecule has 0 bridgehead atoms. The first-order valence-corrected chi connectivity index (χ1v) is 10.2. The summed E-state index contributed by atoms with van der Waals surface area (Å²) < 4.78 is 16.5. The van der Waals surface area contributed by atoms with E-state index in [-0.39, 0.29) is 5.82 Å². The van der Waals surface area contributed by atoms with Gasteiger partial charge in [-0.3, -0.25) is 10.1 Å². The van der Waals surface area contributed by atoms with Crippen LogP contribution < -0.4 is 0 Å². The van der Waals surface area contributed by atoms with Crippen molar-refractivity contribution in [2.45, 2.75) is 6.92 Å². The lowest BCUT2D eigenvalue weighted by Gasteiger charge is -2.04. The third-order valence-corrected chi connectivity index (χ3v) is 5.83. The Morgan fingerprint density at radius 1 is 0.969 bits per heavy atom. The predicted molar refractivity (Wildman–Crippen MR) is 121 cm³/mol. The minimum absolute atomic E-state index is 0.335. The molecule has 6 aromatic rings. The molecule has 2 N–H and O–H groups in total. The molecule has 0 atom stereocenters. The van der Waals surface area contributed by atoms with Crippen LogP contribution in [0, 0.1) is 12.7 Å². The van der Waals surface area contributed by atoms with Crippen molar-refractivity contribution < 1.29 is 4.39 Å². The lowest BCUT2D eigenvalue weighted by Crippen LogP contribution is -1.94. The third kappa shape index (κ3) is 2.73. The van der Waals surface area contributed by atoms with E-state index in [2.05, 4.69) is 35.8 Å². The molecule has 0 fully saturated rings. The number of hydrogen-bond acceptors (Lipinski definition) is 4. The van der Waals surface area contributed by atoms with E-state index in [0.29, 0.717) is 28.3 Å². The van der Waals surface area contributed by atoms with E-state index >= 15 is 0 Å². The monoisotopic (exact) mass is 423 g/mol. The maximum absolute atomic E-state index is 14.4. The average molecular weight is 423 g/mol. The normalized spacial score (nSPS) is 11.6. The van der Waals surface area contributed by atoms with Crippen LogP contribution in [0.1, 0.15) is 5.82 Å². The number of aromatic nitrogens is 7. The van der Waals surface area contributed by atoms with E-state index in [9.17, 15) is 4.39 Å². The van der Waals surface area contributed by atoms with Crippen molar-refractivity contribution in [3.05, 3.63) is 72.6 Å². The quantitative estimate of drug-likeness (QED) is 0.419. The second-order valence-corrected chi connectivity index (χ2v) is 7.70. The van der Waals surface area contributed by atoms with Crippen LogP contribution in [0.25, 0.3) is 56.0 Å². The number of nitrogens with zero attached hydrogens (tertiary/aromatic N) is 5. The summed E-state index contributed by atoms with van der Waals surface area (Å²) in [7, 11) is 1.99. The largest absolute Gasteiger partial charge is 0.336 e. The van der Waals surface area contributed by atoms with E-state index in [1.165, 1.54) is 6.07 Å². The number of aryl methyl sites for hydroxylation is 1. The minimum Gasteiger partial charge on any atom is -0.336 e. The van der Waals surface area contributed by atoms with Gasteiger partial charge in [0.25, 0.3) is 0 Å². The van der Waals surface area contributed by atoms with E-state index < -0.39 is 0 Å². The maximum Gasteiger partial charge on any atom is 0.159 e. The number of halogens is 1. The Morgan fingerprint density at radius 2 is 1.84 bits per heavy atom. The number of benzene rings is 2. The summed E-state index contributed by atoms with van der Waals surface area (Å²) in [5, 5.41) is 8.52. The Kier molecular flexibility index (Phi) is 3.94. The summed E-state index contributed by atoms with van der Waals surface area (Å²) in [6.45, 7) is 1.97. The second kappa shape index (κ2) is 6.84. The first kappa shape index (κ1) is 18.4. The van der Waals surface area contributed by atoms with Crippen LogP contribution in [0.3, 0.4) is 0 Å². The number of aromatic amines is 2. The molecule has 4 heterocycles. The van der Waals surface area contributed by atoms with Crippen molar-refractivity contribution in [2.24, 2.45) is 7.05 Å². The molecule has 0 amide bonds. The Balaban J connectivity index is 1.53. The van der Waals surface area contributed by atoms with Gasteiger partial charge in [-0.05, 0) is 37.3 Å². The summed E-state index contributed by atoms with van der Waals surface area (Å²) in [5.74, 6) is 1.20. The topological polar surface area (TPSA) is 88.1 Å². The highest BCUT2D eigenvalue weighted by Gasteiger charge is 2.18. The van der Waals surface area contributed by atoms with Crippen molar-refractivity contribution in [1.82, 2.24) is 34.7 Å². The highest BCUT2D eigenvalue weighted by Crippen LogP contribution is 2.33. The van der Waals surface area contributed by atoms with Crippen molar-refractivity contribution >= 4 is 21.9 Å². The summed E-state index contributed by atoms with van der Waals surface area (Å²) in [4.78, 5) is 16.9. The molecule has 0 saturated carbocycles. The smallest absolute Gasteiger partial charge is 0.159 e. The van der Waals surface area contributed by atoms with Gasteiger partial charge in [-0.15, -0.1) is 0 Å². The second-order valence-electron chi connectivity index (χ2n) is 7.70. The molecule has 156 valence electrons. The van der Waals surface area contributed by atoms with E-state index in [4.69, 9.17) is 4.98 Å². The fraction of sp³-hybridized carbons (Fsp3) is 0.0833. The Morgan fingerprint density at radius 3 is 2.66 bits per heavy atom. The summed E-state index contributed by atoms with van der Waals surface area (Å²) >= 11 is 0. The SMILES string of the molecule is Cc1ncc(-c2ccc3[nH]nc(-c4nc5c(-c6ccccc6F)nccc5[nH]4)c3c2)n1C. The van der Waals surface area contributed by atoms with E-state index in [1.807, 2.05) is 38.4 Å². The molecule has 0 radical (unpaired) electrons. The van der Waals surface area contributed by atoms with Gasteiger partial charge in [0.15, 0.2) is 5.82 Å². The van der Waals surface area contributed by atoms with Crippen molar-refractivity contribution in [3.63, 3.8) is 0 Å². The third-order valence-electron chi connectivity index (χ3n) is 5.83. The first-order valence-electron chi connectivity index (χ1n) is 10.2. The van der Waals surface area contributed by atoms with Crippen molar-refractivity contribution in [1.29, 1.82) is 0 Å². The van der Waals surface area contributed by atoms with E-state index in [0.717, 1.165) is 33.5 Å². The van der Waals surface area contributed by atoms with Crippen LogP contribution in [-0.2, 0) is 7.05 Å². The van der Waals surface area contributed by atoms with Crippen LogP contribution in [0.4, 0.5) is 4.39 Å². The molecule has 0 spiro atoms. The molecule has 0 saturated heterocycles. The van der Waals surface area contributed by atoms with Gasteiger partial charge >= 0.3 is 0 Å². The molecule has 4 aromatic heterocycles. The molecule has 0 aliphatic rings. The Labute approximate surface area is 182 Å². The van der Waals surface area contributed by atoms with Crippen LogP contribution in [0.2, 0.25) is 0 Å². The van der Waals surface area contributed by atoms with Crippen molar-refractivity contribution in [3.8, 4) is 34.0 Å². The molecule has 0 aliphatic heterocycles. The molecular formula is C24H18FN7. The molecule has 8 heteroatoms. The summed E-state index contributed by atoms with van der Waals surface area (Å²) in [6, 6.07) is 14.5. The number of rotatable bonds is 3. The van der Waals surface area contributed by atoms with Gasteiger partial charge in [0.1, 0.15) is 28.5 Å². The zero-order valence-electron chi connectivity index (χ0n) is 17.4. The fourth-order valence-corrected chi connectivity index (χ4v) is 4.02. The van der Waals surface area contributed by atoms with Gasteiger partial charge in [0.2, 0.25) is 0 Å². The van der Waals surface area contributed by atoms with Crippen LogP contribution in [0.5, 0.6) is 0 Å². The van der Waals surface area contributed by atoms with Gasteiger partial charge in [-0.2, -0.15) is 5.10 Å². The van der Waals surface area contributed by atoms with Gasteiger partial charge in [0, 0.05) is 29.8 Å². The predicted octanol–water partition coefficient (Wildman–Crippen LogP) is 5.02. The Bertz CT molecular complexity index is 1620. The molecule has 7 nitrogen and oxygen atoms in total. The molecule has 0 unspecified atom stereocenters. The lowest BCUT2D eigenvalue weighted by atomic mass is 10.1. The molecule has 32 heavy (non-hydrogen) atoms. The Hall–Kier alpha value is -4.33. The van der Waals surface area contributed by atoms with Crippen LogP contribution >= 0.6 is 0 Å². The summed E-state index contributed by atoms with van der Waals surface area (Å²) in [6.07, 6.45) is 3.52. The molecule has 6 rings (SSSR count). The molecule has 0 aliphatic carbocycles. The highest BCUT2D eigenvalue weighted by molar-refractivity contribution is 5.97. The number of fused-ring (bicyclic) bond motifs is 2. The zero-order valence-corrected chi connectivity index (χ0v) is 17.4. The van der Waals surface area contributed by atoms with Crippen molar-refractivity contribution in [2.75, 3.05) is 0 Å². The average Bonchev–Trinajstić information content (AvgIpc) is 3.50. The maximum atomic E-state index is 14.4. The van der Waals surface area contributed by atoms with Crippen LogP contribution in [0.15, 0.2) is 60.9 Å². The standard InChI is InChI=1S/C24H18FN7/c1-13-27-12-20(32(13)2)14-7-8-18-16(11-14)22(31-30-18)24-28-19-9-10-26-21(23(19)29-24)15-5-3-4-6-17(15)25/h3-12H,1-2H3,(H,28,29)(H,30,31). The number of hydrogen-bond donors (Lipinski definition) is 2. The molecule has 2 aromatic carbocycles. The van der Waals surface area contributed by atoms with Gasteiger partial charge in [0.05, 0.1) is 22.9 Å². The van der Waals surface area contributed by atoms with Gasteiger partial charge < -0.3 is 9.55 Å². The number of pyridine rings is 1. The first-order chi connectivity index (χ1) is 15.6. The number of H-pyrrole nitrogens is 2. The van der Waals surface area contributed by atoms with Gasteiger partial charge in [-0.25, -0.2) is 14.4 Å². The number of imidazole rings is 2. The lowest BCUT2D eigenvalue weighted by molar-refractivity contribution is 0.631. The van der Waals surface area contributed by atoms with Crippen LogP contribution in [-0.4, -0.2) is 34.7 Å². The molecular weight excluding hydrogens is 405 g/mol. The number of nitrogens with one attached hydrogen (secondary N) is 2. The fourth-order valence-electron chi connectivity index (χ4n) is 4.02. The minimum atomic E-state index is -0.335. The van der Waals surface area contributed by atoms with E-state index in [1.54, 1.807) is 24.4 Å². The highest BCUT2D eigenvalue weighted by atomic mass is 19.1. The van der Waals surface area contributed by atoms with Gasteiger partial charge in [-0.1, -0.05) is 18.2 Å².